The predicted octanol–water partition coefficient (Wildman–Crippen LogP) is 3.44. The van der Waals surface area contributed by atoms with E-state index in [1.807, 2.05) is 0 Å². The quantitative estimate of drug-likeness (QED) is 0.648. The van der Waals surface area contributed by atoms with E-state index in [1.165, 1.54) is 32.1 Å². The minimum atomic E-state index is 0.419. The summed E-state index contributed by atoms with van der Waals surface area (Å²) >= 11 is 0. The van der Waals surface area contributed by atoms with E-state index in [4.69, 9.17) is 0 Å². The Balaban J connectivity index is 2.61. The van der Waals surface area contributed by atoms with Gasteiger partial charge in [-0.05, 0) is 47.1 Å². The minimum absolute atomic E-state index is 0.419. The molecule has 1 aliphatic rings. The Morgan fingerprint density at radius 3 is 2.15 bits per heavy atom. The minimum Gasteiger partial charge on any atom is -0.296 e. The van der Waals surface area contributed by atoms with Crippen LogP contribution in [0.25, 0.3) is 0 Å². The van der Waals surface area contributed by atoms with Crippen molar-refractivity contribution in [2.45, 2.75) is 70.9 Å². The maximum atomic E-state index is 2.59. The first kappa shape index (κ1) is 11.0. The number of unbranched alkanes of at least 4 members (excludes halogenated alkanes) is 1. The van der Waals surface area contributed by atoms with E-state index in [9.17, 15) is 0 Å². The summed E-state index contributed by atoms with van der Waals surface area (Å²) in [5.74, 6) is 0. The van der Waals surface area contributed by atoms with E-state index in [0.717, 1.165) is 0 Å². The molecular formula is C12H25N. The monoisotopic (exact) mass is 183 g/mol. The van der Waals surface area contributed by atoms with E-state index in [1.54, 1.807) is 0 Å². The average molecular weight is 183 g/mol. The van der Waals surface area contributed by atoms with Gasteiger partial charge in [-0.15, -0.1) is 0 Å². The van der Waals surface area contributed by atoms with Crippen molar-refractivity contribution in [1.82, 2.24) is 4.90 Å². The van der Waals surface area contributed by atoms with Gasteiger partial charge in [0.15, 0.2) is 0 Å². The molecule has 0 saturated carbocycles. The Kier molecular flexibility index (Phi) is 3.06. The second-order valence-electron chi connectivity index (χ2n) is 5.47. The second kappa shape index (κ2) is 3.61. The number of hydrogen-bond donors (Lipinski definition) is 0. The Bertz CT molecular complexity index is 174. The summed E-state index contributed by atoms with van der Waals surface area (Å²) in [5, 5.41) is 0. The fraction of sp³-hybridized carbons (Fsp3) is 1.00. The van der Waals surface area contributed by atoms with Crippen molar-refractivity contribution in [3.8, 4) is 0 Å². The summed E-state index contributed by atoms with van der Waals surface area (Å²) in [7, 11) is 2.29. The molecule has 1 saturated heterocycles. The third-order valence-electron chi connectivity index (χ3n) is 4.06. The highest BCUT2D eigenvalue weighted by molar-refractivity contribution is 5.00. The summed E-state index contributed by atoms with van der Waals surface area (Å²) in [5.41, 5.74) is 0.891. The molecule has 0 spiro atoms. The van der Waals surface area contributed by atoms with E-state index in [-0.39, 0.29) is 0 Å². The molecule has 0 aromatic rings. The molecule has 0 N–H and O–H groups in total. The molecule has 78 valence electrons. The van der Waals surface area contributed by atoms with Crippen molar-refractivity contribution in [2.75, 3.05) is 7.05 Å². The lowest BCUT2D eigenvalue weighted by atomic mass is 9.92. The normalized spacial score (nSPS) is 33.9. The van der Waals surface area contributed by atoms with Gasteiger partial charge in [-0.25, -0.2) is 0 Å². The van der Waals surface area contributed by atoms with Crippen molar-refractivity contribution >= 4 is 0 Å². The van der Waals surface area contributed by atoms with Crippen LogP contribution in [0.3, 0.4) is 0 Å². The zero-order chi connectivity index (χ0) is 10.1. The highest BCUT2D eigenvalue weighted by atomic mass is 15.2. The molecule has 0 aliphatic carbocycles. The predicted molar refractivity (Wildman–Crippen MR) is 59.0 cm³/mol. The molecule has 0 radical (unpaired) electrons. The molecule has 1 fully saturated rings. The maximum Gasteiger partial charge on any atom is 0.0184 e. The molecule has 0 bridgehead atoms. The van der Waals surface area contributed by atoms with Crippen LogP contribution in [0.1, 0.15) is 59.8 Å². The third kappa shape index (κ3) is 2.07. The van der Waals surface area contributed by atoms with Gasteiger partial charge in [-0.1, -0.05) is 19.8 Å². The van der Waals surface area contributed by atoms with Crippen LogP contribution in [0.15, 0.2) is 0 Å². The largest absolute Gasteiger partial charge is 0.296 e. The van der Waals surface area contributed by atoms with Gasteiger partial charge in [0.05, 0.1) is 0 Å². The lowest BCUT2D eigenvalue weighted by molar-refractivity contribution is 0.0924. The summed E-state index contributed by atoms with van der Waals surface area (Å²) in [4.78, 5) is 2.59. The van der Waals surface area contributed by atoms with Crippen LogP contribution in [0.2, 0.25) is 0 Å². The fourth-order valence-electron chi connectivity index (χ4n) is 2.49. The van der Waals surface area contributed by atoms with Gasteiger partial charge >= 0.3 is 0 Å². The second-order valence-corrected chi connectivity index (χ2v) is 5.47. The van der Waals surface area contributed by atoms with E-state index < -0.39 is 0 Å². The van der Waals surface area contributed by atoms with Crippen LogP contribution in [0.5, 0.6) is 0 Å². The number of rotatable bonds is 3. The summed E-state index contributed by atoms with van der Waals surface area (Å²) < 4.78 is 0. The van der Waals surface area contributed by atoms with E-state index >= 15 is 0 Å². The van der Waals surface area contributed by atoms with Crippen LogP contribution < -0.4 is 0 Å². The molecule has 0 aromatic carbocycles. The van der Waals surface area contributed by atoms with Gasteiger partial charge in [0.2, 0.25) is 0 Å². The molecule has 1 nitrogen and oxygen atoms in total. The highest BCUT2D eigenvalue weighted by Crippen LogP contribution is 2.41. The van der Waals surface area contributed by atoms with Gasteiger partial charge in [-0.2, -0.15) is 0 Å². The SMILES string of the molecule is CCCCC1(C)CCC(C)(C)N1C. The van der Waals surface area contributed by atoms with Gasteiger partial charge in [-0.3, -0.25) is 4.90 Å². The first-order valence-electron chi connectivity index (χ1n) is 5.66. The van der Waals surface area contributed by atoms with Crippen LogP contribution in [0.4, 0.5) is 0 Å². The fourth-order valence-corrected chi connectivity index (χ4v) is 2.49. The lowest BCUT2D eigenvalue weighted by Gasteiger charge is -2.39. The maximum absolute atomic E-state index is 2.59. The smallest absolute Gasteiger partial charge is 0.0184 e. The van der Waals surface area contributed by atoms with Gasteiger partial charge in [0.1, 0.15) is 0 Å². The van der Waals surface area contributed by atoms with Gasteiger partial charge in [0, 0.05) is 11.1 Å². The van der Waals surface area contributed by atoms with Gasteiger partial charge in [0.25, 0.3) is 0 Å². The summed E-state index contributed by atoms with van der Waals surface area (Å²) in [6, 6.07) is 0. The molecule has 0 aromatic heterocycles. The lowest BCUT2D eigenvalue weighted by Crippen LogP contribution is -2.46. The Labute approximate surface area is 83.5 Å². The standard InChI is InChI=1S/C12H25N/c1-6-7-8-12(4)10-9-11(2,3)13(12)5/h6-10H2,1-5H3. The average Bonchev–Trinajstić information content (AvgIpc) is 2.28. The van der Waals surface area contributed by atoms with Crippen LogP contribution in [-0.2, 0) is 0 Å². The number of nitrogens with zero attached hydrogens (tertiary/aromatic N) is 1. The van der Waals surface area contributed by atoms with Crippen LogP contribution in [-0.4, -0.2) is 23.0 Å². The molecule has 1 rings (SSSR count). The Hall–Kier alpha value is -0.0400. The molecule has 0 amide bonds. The van der Waals surface area contributed by atoms with Crippen molar-refractivity contribution in [2.24, 2.45) is 0 Å². The van der Waals surface area contributed by atoms with Crippen molar-refractivity contribution < 1.29 is 0 Å². The zero-order valence-electron chi connectivity index (χ0n) is 9.98. The number of hydrogen-bond acceptors (Lipinski definition) is 1. The molecule has 1 atom stereocenters. The van der Waals surface area contributed by atoms with Crippen molar-refractivity contribution in [3.63, 3.8) is 0 Å². The van der Waals surface area contributed by atoms with Crippen LogP contribution >= 0.6 is 0 Å². The zero-order valence-corrected chi connectivity index (χ0v) is 9.98. The first-order valence-corrected chi connectivity index (χ1v) is 5.66. The van der Waals surface area contributed by atoms with Crippen molar-refractivity contribution in [3.05, 3.63) is 0 Å². The molecule has 1 heteroatoms. The molecule has 1 unspecified atom stereocenters. The topological polar surface area (TPSA) is 3.24 Å². The van der Waals surface area contributed by atoms with Crippen LogP contribution in [0, 0.1) is 0 Å². The van der Waals surface area contributed by atoms with E-state index in [0.29, 0.717) is 11.1 Å². The molecule has 1 aliphatic heterocycles. The number of likely N-dealkylation sites (tertiary alicyclic amines) is 1. The third-order valence-corrected chi connectivity index (χ3v) is 4.06. The highest BCUT2D eigenvalue weighted by Gasteiger charge is 2.43. The van der Waals surface area contributed by atoms with E-state index in [2.05, 4.69) is 39.6 Å². The summed E-state index contributed by atoms with van der Waals surface area (Å²) in [6.07, 6.45) is 6.78. The Morgan fingerprint density at radius 2 is 1.77 bits per heavy atom. The molecule has 1 heterocycles. The van der Waals surface area contributed by atoms with Crippen molar-refractivity contribution in [1.29, 1.82) is 0 Å². The summed E-state index contributed by atoms with van der Waals surface area (Å²) in [6.45, 7) is 9.44. The Morgan fingerprint density at radius 1 is 1.15 bits per heavy atom. The molecular weight excluding hydrogens is 158 g/mol. The molecule has 13 heavy (non-hydrogen) atoms. The van der Waals surface area contributed by atoms with Gasteiger partial charge < -0.3 is 0 Å². The first-order chi connectivity index (χ1) is 5.92.